The molecule has 0 saturated carbocycles. The Morgan fingerprint density at radius 2 is 2.00 bits per heavy atom. The number of nitro benzene ring substituents is 1. The van der Waals surface area contributed by atoms with Crippen molar-refractivity contribution in [2.75, 3.05) is 0 Å². The molecule has 20 heavy (non-hydrogen) atoms. The smallest absolute Gasteiger partial charge is 0.273 e. The highest BCUT2D eigenvalue weighted by molar-refractivity contribution is 6.30. The molecule has 2 aromatic carbocycles. The molecule has 0 aliphatic heterocycles. The Morgan fingerprint density at radius 1 is 1.25 bits per heavy atom. The summed E-state index contributed by atoms with van der Waals surface area (Å²) < 4.78 is 5.73. The topological polar surface area (TPSA) is 78.4 Å². The van der Waals surface area contributed by atoms with E-state index in [9.17, 15) is 10.1 Å². The Morgan fingerprint density at radius 3 is 2.65 bits per heavy atom. The van der Waals surface area contributed by atoms with Crippen LogP contribution in [-0.4, -0.2) is 4.92 Å². The second-order valence-electron chi connectivity index (χ2n) is 4.27. The number of nitro groups is 1. The summed E-state index contributed by atoms with van der Waals surface area (Å²) >= 11 is 5.93. The van der Waals surface area contributed by atoms with E-state index in [1.54, 1.807) is 24.3 Å². The summed E-state index contributed by atoms with van der Waals surface area (Å²) in [6, 6.07) is 9.59. The van der Waals surface area contributed by atoms with Gasteiger partial charge in [-0.1, -0.05) is 17.7 Å². The monoisotopic (exact) mass is 292 g/mol. The number of benzene rings is 2. The van der Waals surface area contributed by atoms with Crippen LogP contribution in [0.1, 0.15) is 11.1 Å². The SMILES string of the molecule is Cc1ccc([N+](=O)[O-])cc1Oc1cc(Cl)ccc1CN. The standard InChI is InChI=1S/C14H13ClN2O3/c1-9-2-5-12(17(18)19)7-13(9)20-14-6-11(15)4-3-10(14)8-16/h2-7H,8,16H2,1H3. The predicted octanol–water partition coefficient (Wildman–Crippen LogP) is 3.81. The molecule has 0 spiro atoms. The minimum atomic E-state index is -0.464. The zero-order valence-electron chi connectivity index (χ0n) is 10.8. The first kappa shape index (κ1) is 14.3. The lowest BCUT2D eigenvalue weighted by atomic mass is 10.2. The summed E-state index contributed by atoms with van der Waals surface area (Å²) in [5.74, 6) is 0.916. The second kappa shape index (κ2) is 5.90. The summed E-state index contributed by atoms with van der Waals surface area (Å²) in [6.45, 7) is 2.10. The predicted molar refractivity (Wildman–Crippen MR) is 77.3 cm³/mol. The van der Waals surface area contributed by atoms with Crippen molar-refractivity contribution < 1.29 is 9.66 Å². The highest BCUT2D eigenvalue weighted by Gasteiger charge is 2.12. The Bertz CT molecular complexity index is 659. The van der Waals surface area contributed by atoms with E-state index < -0.39 is 4.92 Å². The van der Waals surface area contributed by atoms with Crippen LogP contribution in [0.5, 0.6) is 11.5 Å². The molecule has 0 amide bonds. The maximum absolute atomic E-state index is 10.8. The minimum Gasteiger partial charge on any atom is -0.456 e. The van der Waals surface area contributed by atoms with Crippen LogP contribution in [0.3, 0.4) is 0 Å². The molecule has 0 aliphatic rings. The van der Waals surface area contributed by atoms with Crippen molar-refractivity contribution in [3.8, 4) is 11.5 Å². The molecule has 0 heterocycles. The number of nitrogens with two attached hydrogens (primary N) is 1. The van der Waals surface area contributed by atoms with Gasteiger partial charge in [0, 0.05) is 23.2 Å². The van der Waals surface area contributed by atoms with Crippen LogP contribution in [0.4, 0.5) is 5.69 Å². The number of rotatable bonds is 4. The first-order chi connectivity index (χ1) is 9.51. The van der Waals surface area contributed by atoms with Gasteiger partial charge in [-0.25, -0.2) is 0 Å². The molecule has 5 nitrogen and oxygen atoms in total. The van der Waals surface area contributed by atoms with Crippen LogP contribution in [-0.2, 0) is 6.54 Å². The zero-order chi connectivity index (χ0) is 14.7. The highest BCUT2D eigenvalue weighted by Crippen LogP contribution is 2.32. The lowest BCUT2D eigenvalue weighted by molar-refractivity contribution is -0.384. The van der Waals surface area contributed by atoms with E-state index in [-0.39, 0.29) is 5.69 Å². The molecular formula is C14H13ClN2O3. The quantitative estimate of drug-likeness (QED) is 0.686. The molecule has 6 heteroatoms. The van der Waals surface area contributed by atoms with Gasteiger partial charge in [0.25, 0.3) is 5.69 Å². The molecule has 2 rings (SSSR count). The fourth-order valence-electron chi connectivity index (χ4n) is 1.72. The largest absolute Gasteiger partial charge is 0.456 e. The van der Waals surface area contributed by atoms with E-state index in [1.807, 2.05) is 6.92 Å². The molecule has 0 fully saturated rings. The zero-order valence-corrected chi connectivity index (χ0v) is 11.6. The lowest BCUT2D eigenvalue weighted by Gasteiger charge is -2.12. The fraction of sp³-hybridized carbons (Fsp3) is 0.143. The normalized spacial score (nSPS) is 10.3. The number of non-ortho nitro benzene ring substituents is 1. The van der Waals surface area contributed by atoms with Crippen molar-refractivity contribution in [3.05, 3.63) is 62.7 Å². The van der Waals surface area contributed by atoms with Crippen molar-refractivity contribution in [1.82, 2.24) is 0 Å². The number of hydrogen-bond donors (Lipinski definition) is 1. The van der Waals surface area contributed by atoms with E-state index in [0.717, 1.165) is 11.1 Å². The van der Waals surface area contributed by atoms with Gasteiger partial charge in [0.05, 0.1) is 11.0 Å². The summed E-state index contributed by atoms with van der Waals surface area (Å²) in [6.07, 6.45) is 0. The van der Waals surface area contributed by atoms with Gasteiger partial charge >= 0.3 is 0 Å². The molecular weight excluding hydrogens is 280 g/mol. The summed E-state index contributed by atoms with van der Waals surface area (Å²) in [5.41, 5.74) is 7.18. The third-order valence-electron chi connectivity index (χ3n) is 2.85. The average molecular weight is 293 g/mol. The summed E-state index contributed by atoms with van der Waals surface area (Å²) in [4.78, 5) is 10.3. The van der Waals surface area contributed by atoms with Crippen LogP contribution in [0.15, 0.2) is 36.4 Å². The Hall–Kier alpha value is -2.11. The van der Waals surface area contributed by atoms with Gasteiger partial charge in [-0.05, 0) is 30.7 Å². The first-order valence-corrected chi connectivity index (χ1v) is 6.30. The van der Waals surface area contributed by atoms with Gasteiger partial charge in [-0.2, -0.15) is 0 Å². The number of nitrogens with zero attached hydrogens (tertiary/aromatic N) is 1. The summed E-state index contributed by atoms with van der Waals surface area (Å²) in [7, 11) is 0. The second-order valence-corrected chi connectivity index (χ2v) is 4.70. The number of halogens is 1. The van der Waals surface area contributed by atoms with Crippen molar-refractivity contribution in [2.45, 2.75) is 13.5 Å². The molecule has 0 aromatic heterocycles. The van der Waals surface area contributed by atoms with Gasteiger partial charge in [-0.3, -0.25) is 10.1 Å². The Kier molecular flexibility index (Phi) is 4.22. The van der Waals surface area contributed by atoms with E-state index >= 15 is 0 Å². The van der Waals surface area contributed by atoms with E-state index in [0.29, 0.717) is 23.1 Å². The Labute approximate surface area is 121 Å². The maximum Gasteiger partial charge on any atom is 0.273 e. The van der Waals surface area contributed by atoms with Crippen molar-refractivity contribution >= 4 is 17.3 Å². The van der Waals surface area contributed by atoms with Crippen molar-refractivity contribution in [1.29, 1.82) is 0 Å². The van der Waals surface area contributed by atoms with Crippen molar-refractivity contribution in [2.24, 2.45) is 5.73 Å². The van der Waals surface area contributed by atoms with E-state index in [4.69, 9.17) is 22.1 Å². The van der Waals surface area contributed by atoms with Gasteiger partial charge in [0.15, 0.2) is 0 Å². The number of aryl methyl sites for hydroxylation is 1. The van der Waals surface area contributed by atoms with Crippen molar-refractivity contribution in [3.63, 3.8) is 0 Å². The molecule has 0 bridgehead atoms. The average Bonchev–Trinajstić information content (AvgIpc) is 2.41. The van der Waals surface area contributed by atoms with Crippen LogP contribution < -0.4 is 10.5 Å². The third kappa shape index (κ3) is 3.07. The van der Waals surface area contributed by atoms with E-state index in [1.165, 1.54) is 12.1 Å². The summed E-state index contributed by atoms with van der Waals surface area (Å²) in [5, 5.41) is 11.3. The number of hydrogen-bond acceptors (Lipinski definition) is 4. The Balaban J connectivity index is 2.41. The van der Waals surface area contributed by atoms with Gasteiger partial charge < -0.3 is 10.5 Å². The van der Waals surface area contributed by atoms with Gasteiger partial charge in [0.1, 0.15) is 11.5 Å². The minimum absolute atomic E-state index is 0.0260. The fourth-order valence-corrected chi connectivity index (χ4v) is 1.88. The number of ether oxygens (including phenoxy) is 1. The van der Waals surface area contributed by atoms with Crippen LogP contribution in [0.2, 0.25) is 5.02 Å². The molecule has 0 atom stereocenters. The van der Waals surface area contributed by atoms with Gasteiger partial charge in [0.2, 0.25) is 0 Å². The van der Waals surface area contributed by atoms with Crippen LogP contribution in [0, 0.1) is 17.0 Å². The van der Waals surface area contributed by atoms with E-state index in [2.05, 4.69) is 0 Å². The van der Waals surface area contributed by atoms with Gasteiger partial charge in [-0.15, -0.1) is 0 Å². The molecule has 0 saturated heterocycles. The maximum atomic E-state index is 10.8. The molecule has 0 unspecified atom stereocenters. The van der Waals surface area contributed by atoms with Crippen LogP contribution >= 0.6 is 11.6 Å². The molecule has 0 radical (unpaired) electrons. The lowest BCUT2D eigenvalue weighted by Crippen LogP contribution is -2.00. The molecule has 2 N–H and O–H groups in total. The highest BCUT2D eigenvalue weighted by atomic mass is 35.5. The first-order valence-electron chi connectivity index (χ1n) is 5.92. The molecule has 2 aromatic rings. The van der Waals surface area contributed by atoms with Crippen LogP contribution in [0.25, 0.3) is 0 Å². The molecule has 104 valence electrons. The third-order valence-corrected chi connectivity index (χ3v) is 3.09. The molecule has 0 aliphatic carbocycles.